The third kappa shape index (κ3) is 4.60. The van der Waals surface area contributed by atoms with Crippen LogP contribution in [0.2, 0.25) is 0 Å². The van der Waals surface area contributed by atoms with Crippen molar-refractivity contribution in [3.05, 3.63) is 60.7 Å². The Morgan fingerprint density at radius 1 is 0.714 bits per heavy atom. The van der Waals surface area contributed by atoms with Gasteiger partial charge in [-0.3, -0.25) is 0 Å². The largest absolute Gasteiger partial charge is 0.0955 e. The lowest BCUT2D eigenvalue weighted by Crippen LogP contribution is -1.97. The molecule has 0 heterocycles. The highest BCUT2D eigenvalue weighted by Crippen LogP contribution is 2.33. The van der Waals surface area contributed by atoms with E-state index >= 15 is 0 Å². The summed E-state index contributed by atoms with van der Waals surface area (Å²) in [6.45, 7) is 28.6. The fourth-order valence-corrected chi connectivity index (χ4v) is 2.14. The maximum atomic E-state index is 4.17. The summed E-state index contributed by atoms with van der Waals surface area (Å²) in [6, 6.07) is 4.35. The zero-order valence-corrected chi connectivity index (χ0v) is 14.7. The SMILES string of the molecule is C=C(C)c1cc(C(=C)C)c(C(=C)CC)cc1C(=C)C.CC. The molecule has 0 unspecified atom stereocenters. The van der Waals surface area contributed by atoms with Crippen LogP contribution >= 0.6 is 0 Å². The van der Waals surface area contributed by atoms with Crippen molar-refractivity contribution in [3.63, 3.8) is 0 Å². The minimum Gasteiger partial charge on any atom is -0.0955 e. The maximum Gasteiger partial charge on any atom is -0.0149 e. The molecule has 0 atom stereocenters. The second kappa shape index (κ2) is 8.46. The van der Waals surface area contributed by atoms with Crippen molar-refractivity contribution in [2.45, 2.75) is 48.0 Å². The topological polar surface area (TPSA) is 0 Å². The molecule has 1 rings (SSSR count). The molecule has 0 heteroatoms. The highest BCUT2D eigenvalue weighted by Gasteiger charge is 2.13. The Labute approximate surface area is 131 Å². The molecule has 0 spiro atoms. The standard InChI is InChI=1S/C19H24.C2H6/c1-9-15(8)19-11-17(13(4)5)16(12(2)3)10-18(19)14(6)7;1-2/h10-11H,2,4,6,8-9H2,1,3,5,7H3;1-2H3. The molecule has 0 aliphatic rings. The number of allylic oxidation sites excluding steroid dienone is 4. The molecule has 0 aromatic heterocycles. The summed E-state index contributed by atoms with van der Waals surface area (Å²) in [7, 11) is 0. The first-order valence-corrected chi connectivity index (χ1v) is 7.63. The van der Waals surface area contributed by atoms with Gasteiger partial charge in [0.15, 0.2) is 0 Å². The molecule has 0 N–H and O–H groups in total. The average Bonchev–Trinajstić information content (AvgIpc) is 2.46. The van der Waals surface area contributed by atoms with Crippen molar-refractivity contribution in [2.24, 2.45) is 0 Å². The lowest BCUT2D eigenvalue weighted by atomic mass is 9.87. The van der Waals surface area contributed by atoms with Gasteiger partial charge in [0.1, 0.15) is 0 Å². The van der Waals surface area contributed by atoms with Gasteiger partial charge in [-0.1, -0.05) is 63.8 Å². The Balaban J connectivity index is 0.00000191. The molecule has 0 nitrogen and oxygen atoms in total. The molecule has 0 saturated heterocycles. The third-order valence-electron chi connectivity index (χ3n) is 3.34. The first kappa shape index (κ1) is 19.2. The molecule has 1 aromatic rings. The molecular weight excluding hydrogens is 252 g/mol. The number of hydrogen-bond acceptors (Lipinski definition) is 0. The molecule has 0 saturated carbocycles. The van der Waals surface area contributed by atoms with Crippen molar-refractivity contribution >= 4 is 22.3 Å². The molecule has 0 bridgehead atoms. The van der Waals surface area contributed by atoms with Crippen LogP contribution in [0, 0.1) is 0 Å². The Morgan fingerprint density at radius 2 is 1.00 bits per heavy atom. The molecule has 1 aromatic carbocycles. The summed E-state index contributed by atoms with van der Waals surface area (Å²) < 4.78 is 0. The summed E-state index contributed by atoms with van der Waals surface area (Å²) in [5, 5.41) is 0. The second-order valence-corrected chi connectivity index (χ2v) is 5.24. The van der Waals surface area contributed by atoms with Crippen LogP contribution in [0.5, 0.6) is 0 Å². The molecule has 0 fully saturated rings. The van der Waals surface area contributed by atoms with E-state index in [9.17, 15) is 0 Å². The monoisotopic (exact) mass is 282 g/mol. The van der Waals surface area contributed by atoms with E-state index in [0.29, 0.717) is 0 Å². The van der Waals surface area contributed by atoms with Crippen molar-refractivity contribution in [1.82, 2.24) is 0 Å². The van der Waals surface area contributed by atoms with E-state index in [4.69, 9.17) is 0 Å². The van der Waals surface area contributed by atoms with Gasteiger partial charge in [-0.15, -0.1) is 0 Å². The van der Waals surface area contributed by atoms with E-state index in [1.54, 1.807) is 0 Å². The number of benzene rings is 1. The fourth-order valence-electron chi connectivity index (χ4n) is 2.14. The number of rotatable bonds is 5. The Morgan fingerprint density at radius 3 is 1.29 bits per heavy atom. The van der Waals surface area contributed by atoms with Crippen LogP contribution in [-0.4, -0.2) is 0 Å². The smallest absolute Gasteiger partial charge is 0.0149 e. The fraction of sp³-hybridized carbons (Fsp3) is 0.333. The minimum absolute atomic E-state index is 0.933. The van der Waals surface area contributed by atoms with Crippen molar-refractivity contribution in [1.29, 1.82) is 0 Å². The third-order valence-corrected chi connectivity index (χ3v) is 3.34. The van der Waals surface area contributed by atoms with Gasteiger partial charge < -0.3 is 0 Å². The quantitative estimate of drug-likeness (QED) is 0.534. The molecule has 21 heavy (non-hydrogen) atoms. The van der Waals surface area contributed by atoms with Crippen LogP contribution in [-0.2, 0) is 0 Å². The summed E-state index contributed by atoms with van der Waals surface area (Å²) in [5.41, 5.74) is 8.94. The van der Waals surface area contributed by atoms with Gasteiger partial charge in [0, 0.05) is 0 Å². The van der Waals surface area contributed by atoms with Gasteiger partial charge in [0.2, 0.25) is 0 Å². The van der Waals surface area contributed by atoms with E-state index in [0.717, 1.165) is 45.4 Å². The summed E-state index contributed by atoms with van der Waals surface area (Å²) in [6.07, 6.45) is 0.933. The Kier molecular flexibility index (Phi) is 7.73. The predicted molar refractivity (Wildman–Crippen MR) is 101 cm³/mol. The second-order valence-electron chi connectivity index (χ2n) is 5.24. The Hall–Kier alpha value is -1.82. The van der Waals surface area contributed by atoms with Gasteiger partial charge in [0.25, 0.3) is 0 Å². The van der Waals surface area contributed by atoms with Crippen molar-refractivity contribution in [3.8, 4) is 0 Å². The van der Waals surface area contributed by atoms with Crippen molar-refractivity contribution < 1.29 is 0 Å². The van der Waals surface area contributed by atoms with E-state index in [-0.39, 0.29) is 0 Å². The molecule has 114 valence electrons. The molecule has 0 amide bonds. The zero-order valence-electron chi connectivity index (χ0n) is 14.7. The highest BCUT2D eigenvalue weighted by atomic mass is 14.2. The van der Waals surface area contributed by atoms with Crippen LogP contribution in [0.15, 0.2) is 38.4 Å². The first-order chi connectivity index (χ1) is 9.79. The van der Waals surface area contributed by atoms with Crippen LogP contribution < -0.4 is 0 Å². The van der Waals surface area contributed by atoms with E-state index in [2.05, 4.69) is 45.4 Å². The zero-order chi connectivity index (χ0) is 16.7. The molecular formula is C21H30. The first-order valence-electron chi connectivity index (χ1n) is 7.63. The van der Waals surface area contributed by atoms with Crippen LogP contribution in [0.3, 0.4) is 0 Å². The van der Waals surface area contributed by atoms with Crippen LogP contribution in [0.4, 0.5) is 0 Å². The minimum atomic E-state index is 0.933. The summed E-state index contributed by atoms with van der Waals surface area (Å²) >= 11 is 0. The van der Waals surface area contributed by atoms with Gasteiger partial charge in [-0.05, 0) is 67.2 Å². The molecule has 0 aliphatic carbocycles. The number of hydrogen-bond donors (Lipinski definition) is 0. The van der Waals surface area contributed by atoms with Gasteiger partial charge in [-0.2, -0.15) is 0 Å². The Bertz CT molecular complexity index is 568. The summed E-state index contributed by atoms with van der Waals surface area (Å²) in [4.78, 5) is 0. The predicted octanol–water partition coefficient (Wildman–Crippen LogP) is 7.24. The normalized spacial score (nSPS) is 9.43. The van der Waals surface area contributed by atoms with Crippen molar-refractivity contribution in [2.75, 3.05) is 0 Å². The average molecular weight is 282 g/mol. The maximum absolute atomic E-state index is 4.17. The highest BCUT2D eigenvalue weighted by molar-refractivity contribution is 5.85. The molecule has 0 radical (unpaired) electrons. The summed E-state index contributed by atoms with van der Waals surface area (Å²) in [5.74, 6) is 0. The van der Waals surface area contributed by atoms with E-state index in [1.807, 2.05) is 34.6 Å². The lowest BCUT2D eigenvalue weighted by Gasteiger charge is -2.18. The lowest BCUT2D eigenvalue weighted by molar-refractivity contribution is 1.24. The van der Waals surface area contributed by atoms with Gasteiger partial charge in [0.05, 0.1) is 0 Å². The van der Waals surface area contributed by atoms with Gasteiger partial charge in [-0.25, -0.2) is 0 Å². The van der Waals surface area contributed by atoms with Crippen LogP contribution in [0.1, 0.15) is 70.2 Å². The van der Waals surface area contributed by atoms with Crippen LogP contribution in [0.25, 0.3) is 22.3 Å². The van der Waals surface area contributed by atoms with E-state index in [1.165, 1.54) is 5.56 Å². The van der Waals surface area contributed by atoms with Gasteiger partial charge >= 0.3 is 0 Å². The van der Waals surface area contributed by atoms with E-state index < -0.39 is 0 Å². The molecule has 0 aliphatic heterocycles.